The van der Waals surface area contributed by atoms with Crippen LogP contribution in [0.1, 0.15) is 45.6 Å². The Morgan fingerprint density at radius 2 is 1.83 bits per heavy atom. The molecule has 0 saturated heterocycles. The maximum atomic E-state index is 6.68. The molecule has 0 bridgehead atoms. The van der Waals surface area contributed by atoms with Crippen LogP contribution in [-0.4, -0.2) is 5.54 Å². The maximum absolute atomic E-state index is 6.68. The van der Waals surface area contributed by atoms with Gasteiger partial charge in [0, 0.05) is 10.0 Å². The minimum Gasteiger partial charge on any atom is -0.325 e. The molecule has 1 aromatic rings. The number of benzene rings is 1. The number of rotatable bonds is 2. The molecule has 1 nitrogen and oxygen atoms in total. The second kappa shape index (κ2) is 4.97. The van der Waals surface area contributed by atoms with Crippen LogP contribution in [0.2, 0.25) is 0 Å². The molecule has 1 aliphatic rings. The third-order valence-electron chi connectivity index (χ3n) is 3.96. The molecule has 1 aliphatic carbocycles. The third-order valence-corrected chi connectivity index (χ3v) is 4.48. The molecule has 0 aliphatic heterocycles. The van der Waals surface area contributed by atoms with Crippen LogP contribution < -0.4 is 5.73 Å². The van der Waals surface area contributed by atoms with Crippen molar-refractivity contribution < 1.29 is 0 Å². The van der Waals surface area contributed by atoms with E-state index >= 15 is 0 Å². The summed E-state index contributed by atoms with van der Waals surface area (Å²) < 4.78 is 1.13. The first-order valence-electron chi connectivity index (χ1n) is 6.81. The lowest BCUT2D eigenvalue weighted by Gasteiger charge is -2.46. The lowest BCUT2D eigenvalue weighted by molar-refractivity contribution is 0.108. The van der Waals surface area contributed by atoms with E-state index in [1.807, 2.05) is 0 Å². The summed E-state index contributed by atoms with van der Waals surface area (Å²) in [7, 11) is 0. The summed E-state index contributed by atoms with van der Waals surface area (Å²) in [6.45, 7) is 7.04. The van der Waals surface area contributed by atoms with Crippen LogP contribution in [0.25, 0.3) is 0 Å². The van der Waals surface area contributed by atoms with Gasteiger partial charge in [-0.3, -0.25) is 0 Å². The van der Waals surface area contributed by atoms with E-state index in [1.54, 1.807) is 0 Å². The molecule has 0 amide bonds. The average Bonchev–Trinajstić information content (AvgIpc) is 2.17. The van der Waals surface area contributed by atoms with Gasteiger partial charge in [0.15, 0.2) is 0 Å². The van der Waals surface area contributed by atoms with Crippen molar-refractivity contribution in [2.45, 2.75) is 52.0 Å². The zero-order chi connectivity index (χ0) is 13.4. The standard InChI is InChI=1S/C16H24BrN/c1-12-8-15(2,3)11-16(18,9-12)10-13-4-6-14(17)7-5-13/h4-7,12H,8-11,18H2,1-3H3. The molecule has 2 heteroatoms. The van der Waals surface area contributed by atoms with Crippen molar-refractivity contribution in [2.24, 2.45) is 17.1 Å². The fourth-order valence-corrected chi connectivity index (χ4v) is 4.21. The van der Waals surface area contributed by atoms with Gasteiger partial charge in [-0.05, 0) is 54.7 Å². The van der Waals surface area contributed by atoms with Gasteiger partial charge in [0.1, 0.15) is 0 Å². The predicted molar refractivity (Wildman–Crippen MR) is 81.6 cm³/mol. The lowest BCUT2D eigenvalue weighted by atomic mass is 9.63. The highest BCUT2D eigenvalue weighted by Gasteiger charge is 2.40. The molecular formula is C16H24BrN. The molecule has 1 aromatic carbocycles. The highest BCUT2D eigenvalue weighted by Crippen LogP contribution is 2.43. The molecule has 100 valence electrons. The average molecular weight is 310 g/mol. The normalized spacial score (nSPS) is 31.3. The van der Waals surface area contributed by atoms with E-state index < -0.39 is 0 Å². The van der Waals surface area contributed by atoms with E-state index in [0.29, 0.717) is 5.41 Å². The topological polar surface area (TPSA) is 26.0 Å². The van der Waals surface area contributed by atoms with E-state index in [4.69, 9.17) is 5.73 Å². The molecule has 18 heavy (non-hydrogen) atoms. The van der Waals surface area contributed by atoms with Crippen LogP contribution in [0, 0.1) is 11.3 Å². The number of halogens is 1. The van der Waals surface area contributed by atoms with Crippen LogP contribution in [0.3, 0.4) is 0 Å². The fourth-order valence-electron chi connectivity index (χ4n) is 3.95. The van der Waals surface area contributed by atoms with Gasteiger partial charge in [0.25, 0.3) is 0 Å². The predicted octanol–water partition coefficient (Wildman–Crippen LogP) is 4.54. The summed E-state index contributed by atoms with van der Waals surface area (Å²) in [5.74, 6) is 0.731. The van der Waals surface area contributed by atoms with E-state index in [0.717, 1.165) is 29.7 Å². The van der Waals surface area contributed by atoms with Crippen molar-refractivity contribution in [3.05, 3.63) is 34.3 Å². The van der Waals surface area contributed by atoms with Gasteiger partial charge in [0.05, 0.1) is 0 Å². The maximum Gasteiger partial charge on any atom is 0.0202 e. The van der Waals surface area contributed by atoms with Crippen molar-refractivity contribution >= 4 is 15.9 Å². The Balaban J connectivity index is 2.13. The minimum atomic E-state index is -0.0327. The molecule has 1 saturated carbocycles. The molecule has 0 spiro atoms. The largest absolute Gasteiger partial charge is 0.325 e. The van der Waals surface area contributed by atoms with Crippen molar-refractivity contribution in [1.29, 1.82) is 0 Å². The second-order valence-corrected chi connectivity index (χ2v) is 7.94. The summed E-state index contributed by atoms with van der Waals surface area (Å²) >= 11 is 3.48. The summed E-state index contributed by atoms with van der Waals surface area (Å²) in [5.41, 5.74) is 8.38. The van der Waals surface area contributed by atoms with Gasteiger partial charge < -0.3 is 5.73 Å². The van der Waals surface area contributed by atoms with Crippen molar-refractivity contribution in [2.75, 3.05) is 0 Å². The van der Waals surface area contributed by atoms with Gasteiger partial charge in [0.2, 0.25) is 0 Å². The molecule has 2 rings (SSSR count). The van der Waals surface area contributed by atoms with E-state index in [1.165, 1.54) is 12.0 Å². The van der Waals surface area contributed by atoms with E-state index in [2.05, 4.69) is 61.0 Å². The van der Waals surface area contributed by atoms with Gasteiger partial charge in [-0.1, -0.05) is 48.8 Å². The van der Waals surface area contributed by atoms with E-state index in [-0.39, 0.29) is 5.54 Å². The summed E-state index contributed by atoms with van der Waals surface area (Å²) in [4.78, 5) is 0. The Hall–Kier alpha value is -0.340. The summed E-state index contributed by atoms with van der Waals surface area (Å²) in [6.07, 6.45) is 4.56. The Morgan fingerprint density at radius 3 is 2.39 bits per heavy atom. The monoisotopic (exact) mass is 309 g/mol. The molecule has 0 heterocycles. The molecule has 2 unspecified atom stereocenters. The number of nitrogens with two attached hydrogens (primary N) is 1. The SMILES string of the molecule is CC1CC(C)(C)CC(N)(Cc2ccc(Br)cc2)C1. The zero-order valence-corrected chi connectivity index (χ0v) is 13.3. The van der Waals surface area contributed by atoms with Crippen LogP contribution in [-0.2, 0) is 6.42 Å². The first-order valence-corrected chi connectivity index (χ1v) is 7.61. The molecular weight excluding hydrogens is 286 g/mol. The minimum absolute atomic E-state index is 0.0327. The van der Waals surface area contributed by atoms with Crippen molar-refractivity contribution in [3.63, 3.8) is 0 Å². The summed E-state index contributed by atoms with van der Waals surface area (Å²) in [5, 5.41) is 0. The molecule has 0 radical (unpaired) electrons. The zero-order valence-electron chi connectivity index (χ0n) is 11.7. The highest BCUT2D eigenvalue weighted by molar-refractivity contribution is 9.10. The lowest BCUT2D eigenvalue weighted by Crippen LogP contribution is -2.50. The Morgan fingerprint density at radius 1 is 1.22 bits per heavy atom. The number of hydrogen-bond donors (Lipinski definition) is 1. The Labute approximate surface area is 119 Å². The van der Waals surface area contributed by atoms with Crippen LogP contribution in [0.4, 0.5) is 0 Å². The summed E-state index contributed by atoms with van der Waals surface area (Å²) in [6, 6.07) is 8.59. The van der Waals surface area contributed by atoms with Gasteiger partial charge in [-0.15, -0.1) is 0 Å². The first-order chi connectivity index (χ1) is 8.28. The van der Waals surface area contributed by atoms with Crippen molar-refractivity contribution in [1.82, 2.24) is 0 Å². The van der Waals surface area contributed by atoms with Crippen LogP contribution in [0.5, 0.6) is 0 Å². The third kappa shape index (κ3) is 3.58. The molecule has 1 fully saturated rings. The fraction of sp³-hybridized carbons (Fsp3) is 0.625. The Kier molecular flexibility index (Phi) is 3.89. The van der Waals surface area contributed by atoms with Gasteiger partial charge in [-0.25, -0.2) is 0 Å². The quantitative estimate of drug-likeness (QED) is 0.853. The first kappa shape index (κ1) is 14.1. The molecule has 2 atom stereocenters. The van der Waals surface area contributed by atoms with Gasteiger partial charge in [-0.2, -0.15) is 0 Å². The second-order valence-electron chi connectivity index (χ2n) is 7.02. The molecule has 2 N–H and O–H groups in total. The van der Waals surface area contributed by atoms with Crippen molar-refractivity contribution in [3.8, 4) is 0 Å². The number of hydrogen-bond acceptors (Lipinski definition) is 1. The molecule has 0 aromatic heterocycles. The van der Waals surface area contributed by atoms with Crippen LogP contribution >= 0.6 is 15.9 Å². The smallest absolute Gasteiger partial charge is 0.0202 e. The van der Waals surface area contributed by atoms with E-state index in [9.17, 15) is 0 Å². The van der Waals surface area contributed by atoms with Gasteiger partial charge >= 0.3 is 0 Å². The Bertz CT molecular complexity index is 410. The van der Waals surface area contributed by atoms with Crippen LogP contribution in [0.15, 0.2) is 28.7 Å². The highest BCUT2D eigenvalue weighted by atomic mass is 79.9.